The number of carbonyl (C=O) groups excluding carboxylic acids is 1. The summed E-state index contributed by atoms with van der Waals surface area (Å²) < 4.78 is 5.44. The number of rotatable bonds is 3. The van der Waals surface area contributed by atoms with E-state index in [4.69, 9.17) is 4.74 Å². The van der Waals surface area contributed by atoms with E-state index < -0.39 is 0 Å². The van der Waals surface area contributed by atoms with Crippen LogP contribution in [0.2, 0.25) is 0 Å². The fraction of sp³-hybridized carbons (Fsp3) is 0.435. The average molecular weight is 364 g/mol. The van der Waals surface area contributed by atoms with Gasteiger partial charge in [0.15, 0.2) is 0 Å². The first-order chi connectivity index (χ1) is 13.2. The molecule has 2 aliphatic heterocycles. The third-order valence-electron chi connectivity index (χ3n) is 5.69. The molecule has 142 valence electrons. The maximum atomic E-state index is 13.2. The molecule has 0 saturated carbocycles. The molecule has 1 atom stereocenters. The van der Waals surface area contributed by atoms with E-state index in [1.165, 1.54) is 11.1 Å². The lowest BCUT2D eigenvalue weighted by Gasteiger charge is -2.34. The summed E-state index contributed by atoms with van der Waals surface area (Å²) in [5.41, 5.74) is 4.56. The zero-order valence-corrected chi connectivity index (χ0v) is 16.1. The highest BCUT2D eigenvalue weighted by Crippen LogP contribution is 2.29. The molecule has 4 heteroatoms. The number of ether oxygens (including phenoxy) is 1. The van der Waals surface area contributed by atoms with Crippen molar-refractivity contribution < 1.29 is 9.53 Å². The van der Waals surface area contributed by atoms with Crippen LogP contribution in [-0.2, 0) is 4.74 Å². The van der Waals surface area contributed by atoms with E-state index in [2.05, 4.69) is 42.2 Å². The second-order valence-corrected chi connectivity index (χ2v) is 7.65. The molecule has 2 aromatic carbocycles. The highest BCUT2D eigenvalue weighted by Gasteiger charge is 2.26. The van der Waals surface area contributed by atoms with Crippen molar-refractivity contribution in [3.8, 4) is 0 Å². The molecule has 0 spiro atoms. The van der Waals surface area contributed by atoms with Crippen LogP contribution in [0.5, 0.6) is 0 Å². The topological polar surface area (TPSA) is 32.8 Å². The molecule has 2 heterocycles. The molecular weight excluding hydrogens is 336 g/mol. The molecule has 2 fully saturated rings. The molecule has 1 amide bonds. The van der Waals surface area contributed by atoms with Crippen molar-refractivity contribution in [3.05, 3.63) is 65.2 Å². The van der Waals surface area contributed by atoms with Crippen LogP contribution in [0, 0.1) is 6.92 Å². The Morgan fingerprint density at radius 1 is 1.04 bits per heavy atom. The van der Waals surface area contributed by atoms with E-state index in [-0.39, 0.29) is 5.91 Å². The number of aryl methyl sites for hydroxylation is 1. The van der Waals surface area contributed by atoms with Gasteiger partial charge in [0, 0.05) is 43.3 Å². The number of benzene rings is 2. The van der Waals surface area contributed by atoms with Crippen molar-refractivity contribution in [1.82, 2.24) is 4.90 Å². The number of nitrogens with zero attached hydrogens (tertiary/aromatic N) is 2. The van der Waals surface area contributed by atoms with Gasteiger partial charge in [-0.15, -0.1) is 0 Å². The maximum Gasteiger partial charge on any atom is 0.253 e. The summed E-state index contributed by atoms with van der Waals surface area (Å²) in [6.07, 6.45) is 2.22. The summed E-state index contributed by atoms with van der Waals surface area (Å²) in [6, 6.07) is 16.8. The van der Waals surface area contributed by atoms with Gasteiger partial charge in [0.2, 0.25) is 0 Å². The Kier molecular flexibility index (Phi) is 5.44. The Labute approximate surface area is 161 Å². The van der Waals surface area contributed by atoms with Crippen molar-refractivity contribution in [1.29, 1.82) is 0 Å². The van der Waals surface area contributed by atoms with Gasteiger partial charge in [-0.3, -0.25) is 4.79 Å². The first kappa shape index (κ1) is 18.1. The monoisotopic (exact) mass is 364 g/mol. The Morgan fingerprint density at radius 3 is 2.67 bits per heavy atom. The van der Waals surface area contributed by atoms with Crippen LogP contribution in [0.3, 0.4) is 0 Å². The Bertz CT molecular complexity index is 798. The molecule has 4 nitrogen and oxygen atoms in total. The SMILES string of the molecule is Cc1cccc([C@H]2CCCN(C(=O)c3cccc(N4CCOCC4)c3)C2)c1. The predicted octanol–water partition coefficient (Wildman–Crippen LogP) is 3.85. The molecule has 0 aliphatic carbocycles. The van der Waals surface area contributed by atoms with Crippen LogP contribution in [0.4, 0.5) is 5.69 Å². The second kappa shape index (κ2) is 8.13. The fourth-order valence-corrected chi connectivity index (χ4v) is 4.20. The third kappa shape index (κ3) is 4.16. The van der Waals surface area contributed by atoms with Crippen LogP contribution in [-0.4, -0.2) is 50.2 Å². The minimum atomic E-state index is 0.155. The highest BCUT2D eigenvalue weighted by atomic mass is 16.5. The zero-order chi connectivity index (χ0) is 18.6. The molecule has 0 radical (unpaired) electrons. The van der Waals surface area contributed by atoms with E-state index in [1.54, 1.807) is 0 Å². The lowest BCUT2D eigenvalue weighted by Crippen LogP contribution is -2.39. The number of amides is 1. The zero-order valence-electron chi connectivity index (χ0n) is 16.1. The smallest absolute Gasteiger partial charge is 0.253 e. The summed E-state index contributed by atoms with van der Waals surface area (Å²) in [4.78, 5) is 17.5. The maximum absolute atomic E-state index is 13.2. The van der Waals surface area contributed by atoms with Crippen molar-refractivity contribution in [2.24, 2.45) is 0 Å². The van der Waals surface area contributed by atoms with Crippen LogP contribution >= 0.6 is 0 Å². The largest absolute Gasteiger partial charge is 0.378 e. The van der Waals surface area contributed by atoms with E-state index in [1.807, 2.05) is 23.1 Å². The summed E-state index contributed by atoms with van der Waals surface area (Å²) in [7, 11) is 0. The van der Waals surface area contributed by atoms with E-state index in [9.17, 15) is 4.79 Å². The standard InChI is InChI=1S/C23H28N2O2/c1-18-5-2-6-19(15-18)21-8-4-10-25(17-21)23(26)20-7-3-9-22(16-20)24-11-13-27-14-12-24/h2-3,5-7,9,15-16,21H,4,8,10-14,17H2,1H3/t21-/m0/s1. The minimum absolute atomic E-state index is 0.155. The highest BCUT2D eigenvalue weighted by molar-refractivity contribution is 5.95. The van der Waals surface area contributed by atoms with Gasteiger partial charge in [0.1, 0.15) is 0 Å². The van der Waals surface area contributed by atoms with Gasteiger partial charge in [0.25, 0.3) is 5.91 Å². The van der Waals surface area contributed by atoms with Crippen molar-refractivity contribution in [2.75, 3.05) is 44.3 Å². The molecule has 2 aliphatic rings. The second-order valence-electron chi connectivity index (χ2n) is 7.65. The number of hydrogen-bond acceptors (Lipinski definition) is 3. The minimum Gasteiger partial charge on any atom is -0.378 e. The Balaban J connectivity index is 1.49. The van der Waals surface area contributed by atoms with Crippen LogP contribution in [0.25, 0.3) is 0 Å². The molecule has 27 heavy (non-hydrogen) atoms. The van der Waals surface area contributed by atoms with Gasteiger partial charge in [0.05, 0.1) is 13.2 Å². The summed E-state index contributed by atoms with van der Waals surface area (Å²) in [5, 5.41) is 0. The molecule has 0 unspecified atom stereocenters. The summed E-state index contributed by atoms with van der Waals surface area (Å²) >= 11 is 0. The van der Waals surface area contributed by atoms with Gasteiger partial charge in [-0.1, -0.05) is 35.9 Å². The van der Waals surface area contributed by atoms with E-state index >= 15 is 0 Å². The lowest BCUT2D eigenvalue weighted by atomic mass is 9.89. The molecule has 2 aromatic rings. The van der Waals surface area contributed by atoms with Crippen molar-refractivity contribution >= 4 is 11.6 Å². The first-order valence-electron chi connectivity index (χ1n) is 9.99. The molecular formula is C23H28N2O2. The molecule has 0 N–H and O–H groups in total. The predicted molar refractivity (Wildman–Crippen MR) is 109 cm³/mol. The normalized spacial score (nSPS) is 20.6. The van der Waals surface area contributed by atoms with Crippen LogP contribution < -0.4 is 4.90 Å². The van der Waals surface area contributed by atoms with E-state index in [0.29, 0.717) is 5.92 Å². The Morgan fingerprint density at radius 2 is 1.85 bits per heavy atom. The van der Waals surface area contributed by atoms with Gasteiger partial charge < -0.3 is 14.5 Å². The number of morpholine rings is 1. The fourth-order valence-electron chi connectivity index (χ4n) is 4.20. The summed E-state index contributed by atoms with van der Waals surface area (Å²) in [6.45, 7) is 7.07. The molecule has 2 saturated heterocycles. The van der Waals surface area contributed by atoms with Crippen LogP contribution in [0.15, 0.2) is 48.5 Å². The average Bonchev–Trinajstić information content (AvgIpc) is 2.74. The van der Waals surface area contributed by atoms with Crippen LogP contribution in [0.1, 0.15) is 40.2 Å². The van der Waals surface area contributed by atoms with Crippen molar-refractivity contribution in [2.45, 2.75) is 25.7 Å². The summed E-state index contributed by atoms with van der Waals surface area (Å²) in [5.74, 6) is 0.590. The van der Waals surface area contributed by atoms with Crippen molar-refractivity contribution in [3.63, 3.8) is 0 Å². The Hall–Kier alpha value is -2.33. The van der Waals surface area contributed by atoms with E-state index in [0.717, 1.165) is 63.5 Å². The van der Waals surface area contributed by atoms with Gasteiger partial charge >= 0.3 is 0 Å². The lowest BCUT2D eigenvalue weighted by molar-refractivity contribution is 0.0707. The first-order valence-corrected chi connectivity index (χ1v) is 9.99. The molecule has 4 rings (SSSR count). The third-order valence-corrected chi connectivity index (χ3v) is 5.69. The number of anilines is 1. The molecule has 0 bridgehead atoms. The quantitative estimate of drug-likeness (QED) is 0.829. The number of hydrogen-bond donors (Lipinski definition) is 0. The molecule has 0 aromatic heterocycles. The number of piperidine rings is 1. The number of carbonyl (C=O) groups is 1. The van der Waals surface area contributed by atoms with Gasteiger partial charge in [-0.2, -0.15) is 0 Å². The van der Waals surface area contributed by atoms with Gasteiger partial charge in [-0.25, -0.2) is 0 Å². The number of likely N-dealkylation sites (tertiary alicyclic amines) is 1. The van der Waals surface area contributed by atoms with Gasteiger partial charge in [-0.05, 0) is 43.5 Å².